The van der Waals surface area contributed by atoms with E-state index in [-0.39, 0.29) is 34.9 Å². The van der Waals surface area contributed by atoms with Crippen LogP contribution in [0.15, 0.2) is 24.3 Å². The van der Waals surface area contributed by atoms with Crippen molar-refractivity contribution in [2.24, 2.45) is 0 Å². The van der Waals surface area contributed by atoms with Crippen LogP contribution < -0.4 is 5.32 Å². The van der Waals surface area contributed by atoms with Gasteiger partial charge < -0.3 is 15.3 Å². The summed E-state index contributed by atoms with van der Waals surface area (Å²) in [6.07, 6.45) is 1.19. The summed E-state index contributed by atoms with van der Waals surface area (Å²) in [5.41, 5.74) is 0.0602. The van der Waals surface area contributed by atoms with Crippen LogP contribution in [0.1, 0.15) is 23.2 Å². The van der Waals surface area contributed by atoms with Crippen molar-refractivity contribution in [3.05, 3.63) is 35.6 Å². The Morgan fingerprint density at radius 3 is 2.50 bits per heavy atom. The molecule has 0 saturated carbocycles. The molecule has 0 atom stereocenters. The molecule has 1 heterocycles. The maximum atomic E-state index is 13.7. The van der Waals surface area contributed by atoms with E-state index in [1.54, 1.807) is 11.0 Å². The second-order valence-electron chi connectivity index (χ2n) is 5.50. The van der Waals surface area contributed by atoms with Gasteiger partial charge in [-0.05, 0) is 25.0 Å². The van der Waals surface area contributed by atoms with Gasteiger partial charge in [0.25, 0.3) is 5.91 Å². The largest absolute Gasteiger partial charge is 0.481 e. The molecule has 1 saturated heterocycles. The van der Waals surface area contributed by atoms with E-state index in [2.05, 4.69) is 5.32 Å². The van der Waals surface area contributed by atoms with Crippen molar-refractivity contribution >= 4 is 29.5 Å². The molecule has 0 unspecified atom stereocenters. The van der Waals surface area contributed by atoms with Gasteiger partial charge in [-0.15, -0.1) is 11.8 Å². The fourth-order valence-electron chi connectivity index (χ4n) is 2.53. The first-order valence-corrected chi connectivity index (χ1v) is 8.75. The molecule has 1 aromatic carbocycles. The number of amides is 2. The zero-order valence-corrected chi connectivity index (χ0v) is 13.9. The Labute approximate surface area is 143 Å². The molecule has 1 aliphatic heterocycles. The fraction of sp³-hybridized carbons (Fsp3) is 0.438. The second kappa shape index (κ2) is 8.68. The Balaban J connectivity index is 1.77. The lowest BCUT2D eigenvalue weighted by molar-refractivity contribution is -0.133. The highest BCUT2D eigenvalue weighted by Gasteiger charge is 2.25. The average Bonchev–Trinajstić information content (AvgIpc) is 2.55. The van der Waals surface area contributed by atoms with Crippen molar-refractivity contribution in [1.29, 1.82) is 0 Å². The first-order chi connectivity index (χ1) is 11.5. The number of aliphatic carboxylic acids is 1. The summed E-state index contributed by atoms with van der Waals surface area (Å²) in [4.78, 5) is 36.0. The minimum Gasteiger partial charge on any atom is -0.481 e. The number of nitrogens with zero attached hydrogens (tertiary/aromatic N) is 1. The highest BCUT2D eigenvalue weighted by Crippen LogP contribution is 2.16. The van der Waals surface area contributed by atoms with Crippen LogP contribution in [0, 0.1) is 5.82 Å². The van der Waals surface area contributed by atoms with Gasteiger partial charge in [-0.3, -0.25) is 14.4 Å². The summed E-state index contributed by atoms with van der Waals surface area (Å²) < 4.78 is 13.7. The number of carbonyl (C=O) groups is 3. The van der Waals surface area contributed by atoms with Crippen LogP contribution in [0.3, 0.4) is 0 Å². The highest BCUT2D eigenvalue weighted by atomic mass is 32.2. The Kier molecular flexibility index (Phi) is 6.60. The number of halogens is 1. The predicted molar refractivity (Wildman–Crippen MR) is 88.4 cm³/mol. The molecule has 130 valence electrons. The molecule has 0 radical (unpaired) electrons. The van der Waals surface area contributed by atoms with Crippen molar-refractivity contribution in [3.8, 4) is 0 Å². The van der Waals surface area contributed by atoms with Crippen molar-refractivity contribution in [2.75, 3.05) is 24.6 Å². The van der Waals surface area contributed by atoms with Crippen LogP contribution in [0.2, 0.25) is 0 Å². The van der Waals surface area contributed by atoms with Crippen molar-refractivity contribution in [1.82, 2.24) is 10.2 Å². The summed E-state index contributed by atoms with van der Waals surface area (Å²) in [7, 11) is 0. The van der Waals surface area contributed by atoms with Gasteiger partial charge in [0.15, 0.2) is 0 Å². The van der Waals surface area contributed by atoms with Gasteiger partial charge in [0.05, 0.1) is 17.1 Å². The van der Waals surface area contributed by atoms with Gasteiger partial charge in [-0.2, -0.15) is 0 Å². The second-order valence-corrected chi connectivity index (χ2v) is 6.49. The quantitative estimate of drug-likeness (QED) is 0.806. The lowest BCUT2D eigenvalue weighted by Gasteiger charge is -2.32. The number of carbonyl (C=O) groups excluding carboxylic acids is 2. The molecule has 1 aliphatic rings. The minimum atomic E-state index is -0.951. The molecule has 6 nitrogen and oxygen atoms in total. The third-order valence-electron chi connectivity index (χ3n) is 3.71. The highest BCUT2D eigenvalue weighted by molar-refractivity contribution is 8.00. The smallest absolute Gasteiger partial charge is 0.313 e. The van der Waals surface area contributed by atoms with Crippen LogP contribution in [-0.4, -0.2) is 58.4 Å². The number of likely N-dealkylation sites (tertiary alicyclic amines) is 1. The van der Waals surface area contributed by atoms with Crippen LogP contribution in [0.25, 0.3) is 0 Å². The number of rotatable bonds is 6. The Hall–Kier alpha value is -2.09. The molecule has 0 aliphatic carbocycles. The molecule has 2 amide bonds. The molecule has 0 spiro atoms. The Morgan fingerprint density at radius 1 is 1.21 bits per heavy atom. The van der Waals surface area contributed by atoms with E-state index in [4.69, 9.17) is 5.11 Å². The van der Waals surface area contributed by atoms with Crippen LogP contribution >= 0.6 is 11.8 Å². The van der Waals surface area contributed by atoms with Crippen LogP contribution in [0.5, 0.6) is 0 Å². The van der Waals surface area contributed by atoms with Crippen molar-refractivity contribution in [3.63, 3.8) is 0 Å². The summed E-state index contributed by atoms with van der Waals surface area (Å²) in [5.74, 6) is -2.04. The van der Waals surface area contributed by atoms with Gasteiger partial charge in [-0.1, -0.05) is 12.1 Å². The lowest BCUT2D eigenvalue weighted by atomic mass is 10.0. The molecule has 0 bridgehead atoms. The zero-order valence-electron chi connectivity index (χ0n) is 13.0. The summed E-state index contributed by atoms with van der Waals surface area (Å²) in [5, 5.41) is 11.4. The van der Waals surface area contributed by atoms with Gasteiger partial charge >= 0.3 is 5.97 Å². The number of hydrogen-bond acceptors (Lipinski definition) is 4. The number of carboxylic acids is 1. The molecule has 8 heteroatoms. The van der Waals surface area contributed by atoms with Gasteiger partial charge in [0, 0.05) is 19.1 Å². The molecule has 0 aromatic heterocycles. The third kappa shape index (κ3) is 5.23. The maximum Gasteiger partial charge on any atom is 0.313 e. The lowest BCUT2D eigenvalue weighted by Crippen LogP contribution is -2.47. The molecular weight excluding hydrogens is 335 g/mol. The number of piperidine rings is 1. The standard InChI is InChI=1S/C16H19FN2O4S/c17-13-4-2-1-3-12(13)16(23)19-7-5-11(6-8-19)18-14(20)9-24-10-15(21)22/h1-4,11H,5-10H2,(H,18,20)(H,21,22). The zero-order chi connectivity index (χ0) is 17.5. The van der Waals surface area contributed by atoms with Gasteiger partial charge in [-0.25, -0.2) is 4.39 Å². The summed E-state index contributed by atoms with van der Waals surface area (Å²) in [6.45, 7) is 0.890. The summed E-state index contributed by atoms with van der Waals surface area (Å²) >= 11 is 1.04. The van der Waals surface area contributed by atoms with E-state index < -0.39 is 11.8 Å². The van der Waals surface area contributed by atoms with E-state index in [0.29, 0.717) is 25.9 Å². The van der Waals surface area contributed by atoms with Gasteiger partial charge in [0.2, 0.25) is 5.91 Å². The number of benzene rings is 1. The number of hydrogen-bond donors (Lipinski definition) is 2. The average molecular weight is 354 g/mol. The van der Waals surface area contributed by atoms with E-state index in [1.807, 2.05) is 0 Å². The first kappa shape index (κ1) is 18.3. The fourth-order valence-corrected chi connectivity index (χ4v) is 3.08. The topological polar surface area (TPSA) is 86.7 Å². The monoisotopic (exact) mass is 354 g/mol. The molecular formula is C16H19FN2O4S. The molecule has 1 aromatic rings. The van der Waals surface area contributed by atoms with E-state index in [9.17, 15) is 18.8 Å². The van der Waals surface area contributed by atoms with E-state index >= 15 is 0 Å². The summed E-state index contributed by atoms with van der Waals surface area (Å²) in [6, 6.07) is 5.83. The predicted octanol–water partition coefficient (Wildman–Crippen LogP) is 1.36. The minimum absolute atomic E-state index is 0.0485. The van der Waals surface area contributed by atoms with Crippen LogP contribution in [0.4, 0.5) is 4.39 Å². The molecule has 2 rings (SSSR count). The maximum absolute atomic E-state index is 13.7. The Morgan fingerprint density at radius 2 is 1.88 bits per heavy atom. The first-order valence-electron chi connectivity index (χ1n) is 7.60. The normalized spacial score (nSPS) is 15.1. The SMILES string of the molecule is O=C(O)CSCC(=O)NC1CCN(C(=O)c2ccccc2F)CC1. The van der Waals surface area contributed by atoms with E-state index in [0.717, 1.165) is 11.8 Å². The van der Waals surface area contributed by atoms with Crippen molar-refractivity contribution < 1.29 is 23.9 Å². The van der Waals surface area contributed by atoms with Crippen molar-refractivity contribution in [2.45, 2.75) is 18.9 Å². The third-order valence-corrected chi connectivity index (χ3v) is 4.63. The number of carboxylic acid groups (broad SMARTS) is 1. The van der Waals surface area contributed by atoms with Gasteiger partial charge in [0.1, 0.15) is 5.82 Å². The molecule has 2 N–H and O–H groups in total. The van der Waals surface area contributed by atoms with Crippen LogP contribution in [-0.2, 0) is 9.59 Å². The Bertz CT molecular complexity index is 618. The molecule has 1 fully saturated rings. The number of thioether (sulfide) groups is 1. The number of nitrogens with one attached hydrogen (secondary N) is 1. The molecule has 24 heavy (non-hydrogen) atoms. The van der Waals surface area contributed by atoms with E-state index in [1.165, 1.54) is 18.2 Å².